The smallest absolute Gasteiger partial charge is 0.308 e. The van der Waals surface area contributed by atoms with E-state index in [1.54, 1.807) is 12.1 Å². The summed E-state index contributed by atoms with van der Waals surface area (Å²) in [5.74, 6) is 0.522. The average Bonchev–Trinajstić information content (AvgIpc) is 3.51. The van der Waals surface area contributed by atoms with Crippen molar-refractivity contribution in [3.8, 4) is 11.5 Å². The number of hydrogen-bond acceptors (Lipinski definition) is 2. The van der Waals surface area contributed by atoms with E-state index >= 15 is 0 Å². The predicted molar refractivity (Wildman–Crippen MR) is 146 cm³/mol. The molecule has 0 aliphatic carbocycles. The number of carbonyl (C=O) groups is 1. The van der Waals surface area contributed by atoms with Gasteiger partial charge in [0.2, 0.25) is 0 Å². The van der Waals surface area contributed by atoms with Gasteiger partial charge in [0.05, 0.1) is 29.7 Å². The van der Waals surface area contributed by atoms with Crippen LogP contribution in [0.4, 0.5) is 14.9 Å². The van der Waals surface area contributed by atoms with Crippen LogP contribution in [0.3, 0.4) is 0 Å². The van der Waals surface area contributed by atoms with Gasteiger partial charge in [0.1, 0.15) is 11.6 Å². The maximum Gasteiger partial charge on any atom is 0.322 e. The second-order valence-corrected chi connectivity index (χ2v) is 9.53. The molecule has 190 valence electrons. The van der Waals surface area contributed by atoms with Crippen molar-refractivity contribution in [2.75, 3.05) is 5.32 Å². The fraction of sp³-hybridized carbons (Fsp3) is 0.161. The van der Waals surface area contributed by atoms with Crippen molar-refractivity contribution in [1.29, 1.82) is 0 Å². The lowest BCUT2D eigenvalue weighted by Gasteiger charge is -2.31. The zero-order chi connectivity index (χ0) is 26.2. The summed E-state index contributed by atoms with van der Waals surface area (Å²) >= 11 is 0. The Morgan fingerprint density at radius 2 is 1.79 bits per heavy atom. The monoisotopic (exact) mass is 505 g/mol. The molecule has 2 aromatic heterocycles. The topological polar surface area (TPSA) is 55.1 Å². The molecule has 38 heavy (non-hydrogen) atoms. The third-order valence-electron chi connectivity index (χ3n) is 7.03. The predicted octanol–water partition coefficient (Wildman–Crippen LogP) is 6.81. The first-order valence-electron chi connectivity index (χ1n) is 12.8. The largest absolute Gasteiger partial charge is 0.322 e. The second-order valence-electron chi connectivity index (χ2n) is 9.53. The number of hydrogen-bond donors (Lipinski definition) is 1. The van der Waals surface area contributed by atoms with Crippen LogP contribution in [0, 0.1) is 12.7 Å². The van der Waals surface area contributed by atoms with Crippen LogP contribution < -0.4 is 5.32 Å². The number of urea groups is 1. The molecule has 0 radical (unpaired) electrons. The fourth-order valence-corrected chi connectivity index (χ4v) is 5.21. The number of rotatable bonds is 4. The SMILES string of the molecule is CCc1nn(-c2ccccc2)c2c1CN(C(=O)Nc1cccc(F)c1)[C@@H](c1ccc(C)cc1)c1cccn1-2. The minimum absolute atomic E-state index is 0.309. The Morgan fingerprint density at radius 3 is 2.53 bits per heavy atom. The highest BCUT2D eigenvalue weighted by molar-refractivity contribution is 5.90. The quantitative estimate of drug-likeness (QED) is 0.292. The summed E-state index contributed by atoms with van der Waals surface area (Å²) in [5.41, 5.74) is 6.36. The minimum Gasteiger partial charge on any atom is -0.308 e. The lowest BCUT2D eigenvalue weighted by atomic mass is 10.0. The highest BCUT2D eigenvalue weighted by Gasteiger charge is 2.36. The number of halogens is 1. The molecule has 6 rings (SSSR count). The van der Waals surface area contributed by atoms with Gasteiger partial charge in [-0.15, -0.1) is 0 Å². The molecule has 1 atom stereocenters. The van der Waals surface area contributed by atoms with Gasteiger partial charge in [0, 0.05) is 17.4 Å². The van der Waals surface area contributed by atoms with Crippen LogP contribution in [0.1, 0.15) is 41.0 Å². The van der Waals surface area contributed by atoms with Crippen molar-refractivity contribution in [2.24, 2.45) is 0 Å². The number of nitrogens with one attached hydrogen (secondary N) is 1. The van der Waals surface area contributed by atoms with Gasteiger partial charge in [-0.05, 0) is 61.4 Å². The number of fused-ring (bicyclic) bond motifs is 3. The summed E-state index contributed by atoms with van der Waals surface area (Å²) in [6.07, 6.45) is 2.75. The van der Waals surface area contributed by atoms with Crippen molar-refractivity contribution in [1.82, 2.24) is 19.2 Å². The average molecular weight is 506 g/mol. The first-order valence-corrected chi connectivity index (χ1v) is 12.8. The molecule has 6 nitrogen and oxygen atoms in total. The molecule has 3 aromatic carbocycles. The standard InChI is InChI=1S/C31H28FN5O/c1-3-27-26-20-36(31(38)33-24-10-7-9-23(32)19-24)29(22-16-14-21(2)15-17-22)28-13-8-18-35(28)30(26)37(34-27)25-11-5-4-6-12-25/h4-19,29H,3,20H2,1-2H3,(H,33,38)/t29-/m0/s1. The summed E-state index contributed by atoms with van der Waals surface area (Å²) in [6.45, 7) is 4.46. The van der Waals surface area contributed by atoms with Gasteiger partial charge in [-0.3, -0.25) is 0 Å². The maximum atomic E-state index is 14.0. The van der Waals surface area contributed by atoms with Gasteiger partial charge >= 0.3 is 6.03 Å². The Labute approximate surface area is 221 Å². The Hall–Kier alpha value is -4.65. The van der Waals surface area contributed by atoms with Crippen LogP contribution in [0.15, 0.2) is 97.2 Å². The van der Waals surface area contributed by atoms with Crippen molar-refractivity contribution in [3.63, 3.8) is 0 Å². The fourth-order valence-electron chi connectivity index (χ4n) is 5.21. The van der Waals surface area contributed by atoms with E-state index in [4.69, 9.17) is 5.10 Å². The first-order chi connectivity index (χ1) is 18.5. The number of para-hydroxylation sites is 1. The molecule has 1 N–H and O–H groups in total. The Morgan fingerprint density at radius 1 is 1.00 bits per heavy atom. The molecule has 0 saturated carbocycles. The Kier molecular flexibility index (Phi) is 6.04. The highest BCUT2D eigenvalue weighted by Crippen LogP contribution is 2.39. The summed E-state index contributed by atoms with van der Waals surface area (Å²) in [5, 5.41) is 7.92. The Bertz CT molecular complexity index is 1600. The molecule has 0 spiro atoms. The van der Waals surface area contributed by atoms with E-state index in [1.165, 1.54) is 12.1 Å². The minimum atomic E-state index is -0.401. The molecule has 1 aliphatic rings. The van der Waals surface area contributed by atoms with Gasteiger partial charge in [-0.1, -0.05) is 61.0 Å². The number of amides is 2. The number of nitrogens with zero attached hydrogens (tertiary/aromatic N) is 4. The van der Waals surface area contributed by atoms with E-state index in [-0.39, 0.29) is 12.1 Å². The van der Waals surface area contributed by atoms with Crippen LogP contribution in [0.2, 0.25) is 0 Å². The number of benzene rings is 3. The molecule has 0 saturated heterocycles. The van der Waals surface area contributed by atoms with Gasteiger partial charge in [0.15, 0.2) is 0 Å². The van der Waals surface area contributed by atoms with Gasteiger partial charge in [-0.25, -0.2) is 13.9 Å². The zero-order valence-corrected chi connectivity index (χ0v) is 21.3. The highest BCUT2D eigenvalue weighted by atomic mass is 19.1. The van der Waals surface area contributed by atoms with Crippen LogP contribution in [0.5, 0.6) is 0 Å². The molecule has 0 fully saturated rings. The van der Waals surface area contributed by atoms with Crippen molar-refractivity contribution >= 4 is 11.7 Å². The summed E-state index contributed by atoms with van der Waals surface area (Å²) < 4.78 is 18.1. The molecule has 0 unspecified atom stereocenters. The molecule has 1 aliphatic heterocycles. The zero-order valence-electron chi connectivity index (χ0n) is 21.3. The molecular weight excluding hydrogens is 477 g/mol. The molecule has 5 aromatic rings. The van der Waals surface area contributed by atoms with E-state index in [2.05, 4.69) is 47.1 Å². The van der Waals surface area contributed by atoms with Crippen LogP contribution in [-0.4, -0.2) is 25.3 Å². The number of anilines is 1. The summed E-state index contributed by atoms with van der Waals surface area (Å²) in [6, 6.07) is 27.7. The van der Waals surface area contributed by atoms with Crippen LogP contribution in [-0.2, 0) is 13.0 Å². The molecule has 0 bridgehead atoms. The summed E-state index contributed by atoms with van der Waals surface area (Å²) in [4.78, 5) is 15.8. The molecule has 2 amide bonds. The van der Waals surface area contributed by atoms with Crippen LogP contribution in [0.25, 0.3) is 11.5 Å². The second kappa shape index (κ2) is 9.67. The maximum absolute atomic E-state index is 14.0. The van der Waals surface area contributed by atoms with E-state index in [1.807, 2.05) is 59.1 Å². The van der Waals surface area contributed by atoms with Crippen LogP contribution >= 0.6 is 0 Å². The lowest BCUT2D eigenvalue weighted by molar-refractivity contribution is 0.194. The first kappa shape index (κ1) is 23.7. The third-order valence-corrected chi connectivity index (χ3v) is 7.03. The number of aromatic nitrogens is 3. The molecule has 3 heterocycles. The summed E-state index contributed by atoms with van der Waals surface area (Å²) in [7, 11) is 0. The van der Waals surface area contributed by atoms with E-state index in [0.29, 0.717) is 18.7 Å². The van der Waals surface area contributed by atoms with Crippen molar-refractivity contribution in [3.05, 3.63) is 131 Å². The number of carbonyl (C=O) groups excluding carboxylic acids is 1. The van der Waals surface area contributed by atoms with Gasteiger partial charge in [0.25, 0.3) is 0 Å². The normalized spacial score (nSPS) is 14.5. The molecule has 7 heteroatoms. The molecular formula is C31H28FN5O. The van der Waals surface area contributed by atoms with Gasteiger partial charge in [-0.2, -0.15) is 5.10 Å². The number of aryl methyl sites for hydroxylation is 2. The third kappa shape index (κ3) is 4.16. The van der Waals surface area contributed by atoms with Crippen molar-refractivity contribution in [2.45, 2.75) is 32.9 Å². The van der Waals surface area contributed by atoms with E-state index in [9.17, 15) is 9.18 Å². The van der Waals surface area contributed by atoms with E-state index < -0.39 is 5.82 Å². The Balaban J connectivity index is 1.55. The lowest BCUT2D eigenvalue weighted by Crippen LogP contribution is -2.38. The van der Waals surface area contributed by atoms with Gasteiger partial charge < -0.3 is 14.8 Å². The van der Waals surface area contributed by atoms with Crippen molar-refractivity contribution < 1.29 is 9.18 Å². The van der Waals surface area contributed by atoms with E-state index in [0.717, 1.165) is 39.6 Å².